The van der Waals surface area contributed by atoms with Crippen molar-refractivity contribution < 1.29 is 9.53 Å². The Hall–Kier alpha value is -2.85. The molecule has 0 heterocycles. The Bertz CT molecular complexity index is 916. The van der Waals surface area contributed by atoms with Crippen LogP contribution in [-0.4, -0.2) is 19.6 Å². The Morgan fingerprint density at radius 1 is 1.08 bits per heavy atom. The Balaban J connectivity index is 1.67. The number of hydrogen-bond acceptors (Lipinski definition) is 3. The number of carbonyl (C=O) groups excluding carboxylic acids is 1. The van der Waals surface area contributed by atoms with Crippen LogP contribution < -0.4 is 15.4 Å². The molecular formula is C22H24N2O2. The average Bonchev–Trinajstić information content (AvgIpc) is 2.66. The molecule has 3 aromatic rings. The smallest absolute Gasteiger partial charge is 0.238 e. The average molecular weight is 348 g/mol. The van der Waals surface area contributed by atoms with Crippen molar-refractivity contribution in [1.82, 2.24) is 5.32 Å². The number of methoxy groups -OCH3 is 1. The van der Waals surface area contributed by atoms with Crippen LogP contribution in [0.4, 0.5) is 5.69 Å². The number of rotatable bonds is 6. The van der Waals surface area contributed by atoms with Crippen LogP contribution in [0.2, 0.25) is 0 Å². The van der Waals surface area contributed by atoms with Gasteiger partial charge in [-0.05, 0) is 47.9 Å². The Labute approximate surface area is 154 Å². The summed E-state index contributed by atoms with van der Waals surface area (Å²) in [5.74, 6) is 0.562. The lowest BCUT2D eigenvalue weighted by Gasteiger charge is -2.17. The van der Waals surface area contributed by atoms with Crippen LogP contribution in [0.3, 0.4) is 0 Å². The van der Waals surface area contributed by atoms with E-state index in [1.165, 1.54) is 16.3 Å². The van der Waals surface area contributed by atoms with Crippen LogP contribution >= 0.6 is 0 Å². The quantitative estimate of drug-likeness (QED) is 0.692. The fraction of sp³-hybridized carbons (Fsp3) is 0.227. The van der Waals surface area contributed by atoms with Gasteiger partial charge in [-0.3, -0.25) is 4.79 Å². The van der Waals surface area contributed by atoms with Crippen molar-refractivity contribution in [3.8, 4) is 5.75 Å². The third kappa shape index (κ3) is 4.03. The Kier molecular flexibility index (Phi) is 5.54. The second-order valence-corrected chi connectivity index (χ2v) is 6.42. The predicted octanol–water partition coefficient (Wildman–Crippen LogP) is 4.45. The first-order valence-electron chi connectivity index (χ1n) is 8.74. The topological polar surface area (TPSA) is 50.4 Å². The van der Waals surface area contributed by atoms with Crippen molar-refractivity contribution in [2.45, 2.75) is 19.9 Å². The number of fused-ring (bicyclic) bond motifs is 1. The molecule has 0 aliphatic carbocycles. The number of anilines is 1. The van der Waals surface area contributed by atoms with Crippen molar-refractivity contribution in [2.75, 3.05) is 19.0 Å². The molecule has 0 aromatic heterocycles. The van der Waals surface area contributed by atoms with Gasteiger partial charge in [0.1, 0.15) is 5.75 Å². The number of aryl methyl sites for hydroxylation is 1. The molecule has 0 unspecified atom stereocenters. The minimum atomic E-state index is -0.0963. The zero-order chi connectivity index (χ0) is 18.5. The van der Waals surface area contributed by atoms with E-state index in [4.69, 9.17) is 4.74 Å². The van der Waals surface area contributed by atoms with Crippen LogP contribution in [0.25, 0.3) is 10.8 Å². The highest BCUT2D eigenvalue weighted by molar-refractivity contribution is 5.94. The SMILES string of the molecule is COc1ccc(C)cc1NC(=O)CN[C@H](C)c1cccc2ccccc12. The van der Waals surface area contributed by atoms with Gasteiger partial charge < -0.3 is 15.4 Å². The molecule has 1 atom stereocenters. The predicted molar refractivity (Wildman–Crippen MR) is 107 cm³/mol. The van der Waals surface area contributed by atoms with E-state index in [0.29, 0.717) is 11.4 Å². The summed E-state index contributed by atoms with van der Waals surface area (Å²) in [6, 6.07) is 20.3. The summed E-state index contributed by atoms with van der Waals surface area (Å²) < 4.78 is 5.31. The molecule has 0 saturated heterocycles. The molecule has 0 saturated carbocycles. The highest BCUT2D eigenvalue weighted by atomic mass is 16.5. The van der Waals surface area contributed by atoms with Crippen LogP contribution in [0, 0.1) is 6.92 Å². The number of nitrogens with one attached hydrogen (secondary N) is 2. The lowest BCUT2D eigenvalue weighted by Crippen LogP contribution is -2.30. The Morgan fingerprint density at radius 2 is 1.85 bits per heavy atom. The molecule has 2 N–H and O–H groups in total. The molecule has 0 spiro atoms. The minimum absolute atomic E-state index is 0.0613. The monoisotopic (exact) mass is 348 g/mol. The maximum Gasteiger partial charge on any atom is 0.238 e. The van der Waals surface area contributed by atoms with Gasteiger partial charge in [-0.1, -0.05) is 48.5 Å². The van der Waals surface area contributed by atoms with Crippen molar-refractivity contribution in [2.24, 2.45) is 0 Å². The largest absolute Gasteiger partial charge is 0.495 e. The molecule has 1 amide bonds. The van der Waals surface area contributed by atoms with Gasteiger partial charge in [-0.25, -0.2) is 0 Å². The molecule has 0 aliphatic rings. The maximum absolute atomic E-state index is 12.4. The van der Waals surface area contributed by atoms with E-state index >= 15 is 0 Å². The van der Waals surface area contributed by atoms with E-state index in [0.717, 1.165) is 5.56 Å². The highest BCUT2D eigenvalue weighted by Crippen LogP contribution is 2.26. The molecule has 134 valence electrons. The van der Waals surface area contributed by atoms with E-state index < -0.39 is 0 Å². The number of benzene rings is 3. The molecule has 3 aromatic carbocycles. The molecule has 0 radical (unpaired) electrons. The summed E-state index contributed by atoms with van der Waals surface area (Å²) in [6.45, 7) is 4.28. The van der Waals surface area contributed by atoms with E-state index in [-0.39, 0.29) is 18.5 Å². The fourth-order valence-corrected chi connectivity index (χ4v) is 3.10. The number of amides is 1. The summed E-state index contributed by atoms with van der Waals surface area (Å²) in [6.07, 6.45) is 0. The third-order valence-corrected chi connectivity index (χ3v) is 4.49. The van der Waals surface area contributed by atoms with Crippen LogP contribution in [0.5, 0.6) is 5.75 Å². The molecule has 0 aliphatic heterocycles. The van der Waals surface area contributed by atoms with Gasteiger partial charge in [0.2, 0.25) is 5.91 Å². The molecule has 0 bridgehead atoms. The summed E-state index contributed by atoms with van der Waals surface area (Å²) in [5.41, 5.74) is 2.94. The maximum atomic E-state index is 12.4. The highest BCUT2D eigenvalue weighted by Gasteiger charge is 2.12. The molecule has 4 heteroatoms. The van der Waals surface area contributed by atoms with Crippen molar-refractivity contribution in [1.29, 1.82) is 0 Å². The second-order valence-electron chi connectivity index (χ2n) is 6.42. The van der Waals surface area contributed by atoms with Gasteiger partial charge in [0.15, 0.2) is 0 Å². The second kappa shape index (κ2) is 8.02. The van der Waals surface area contributed by atoms with E-state index in [9.17, 15) is 4.79 Å². The van der Waals surface area contributed by atoms with Crippen LogP contribution in [0.15, 0.2) is 60.7 Å². The van der Waals surface area contributed by atoms with Crippen molar-refractivity contribution in [3.63, 3.8) is 0 Å². The first kappa shape index (κ1) is 18.0. The summed E-state index contributed by atoms with van der Waals surface area (Å²) in [4.78, 5) is 12.4. The molecule has 0 fully saturated rings. The van der Waals surface area contributed by atoms with E-state index in [1.54, 1.807) is 7.11 Å². The van der Waals surface area contributed by atoms with E-state index in [1.807, 2.05) is 43.3 Å². The van der Waals surface area contributed by atoms with Crippen LogP contribution in [-0.2, 0) is 4.79 Å². The van der Waals surface area contributed by atoms with Gasteiger partial charge in [0.25, 0.3) is 0 Å². The molecule has 3 rings (SSSR count). The van der Waals surface area contributed by atoms with E-state index in [2.05, 4.69) is 41.8 Å². The number of ether oxygens (including phenoxy) is 1. The third-order valence-electron chi connectivity index (χ3n) is 4.49. The normalized spacial score (nSPS) is 12.0. The lowest BCUT2D eigenvalue weighted by molar-refractivity contribution is -0.115. The first-order chi connectivity index (χ1) is 12.6. The summed E-state index contributed by atoms with van der Waals surface area (Å²) in [5, 5.41) is 8.64. The molecule has 26 heavy (non-hydrogen) atoms. The van der Waals surface area contributed by atoms with Gasteiger partial charge in [-0.2, -0.15) is 0 Å². The molecular weight excluding hydrogens is 324 g/mol. The van der Waals surface area contributed by atoms with Crippen LogP contribution in [0.1, 0.15) is 24.1 Å². The van der Waals surface area contributed by atoms with Crippen molar-refractivity contribution in [3.05, 3.63) is 71.8 Å². The zero-order valence-corrected chi connectivity index (χ0v) is 15.4. The van der Waals surface area contributed by atoms with Crippen molar-refractivity contribution >= 4 is 22.4 Å². The standard InChI is InChI=1S/C22H24N2O2/c1-15-11-12-21(26-3)20(13-15)24-22(25)14-23-16(2)18-10-6-8-17-7-4-5-9-19(17)18/h4-13,16,23H,14H2,1-3H3,(H,24,25)/t16-/m1/s1. The van der Waals surface area contributed by atoms with Gasteiger partial charge in [0.05, 0.1) is 19.3 Å². The first-order valence-corrected chi connectivity index (χ1v) is 8.74. The Morgan fingerprint density at radius 3 is 2.65 bits per heavy atom. The van der Waals surface area contributed by atoms with Gasteiger partial charge in [0, 0.05) is 6.04 Å². The minimum Gasteiger partial charge on any atom is -0.495 e. The van der Waals surface area contributed by atoms with Gasteiger partial charge >= 0.3 is 0 Å². The summed E-state index contributed by atoms with van der Waals surface area (Å²) >= 11 is 0. The summed E-state index contributed by atoms with van der Waals surface area (Å²) in [7, 11) is 1.60. The van der Waals surface area contributed by atoms with Gasteiger partial charge in [-0.15, -0.1) is 0 Å². The fourth-order valence-electron chi connectivity index (χ4n) is 3.10. The zero-order valence-electron chi connectivity index (χ0n) is 15.4. The lowest BCUT2D eigenvalue weighted by atomic mass is 10.00. The molecule has 4 nitrogen and oxygen atoms in total. The number of carbonyl (C=O) groups is 1. The number of hydrogen-bond donors (Lipinski definition) is 2.